The van der Waals surface area contributed by atoms with Crippen molar-refractivity contribution in [1.29, 1.82) is 0 Å². The molecule has 0 aromatic heterocycles. The molecule has 0 aliphatic rings. The summed E-state index contributed by atoms with van der Waals surface area (Å²) in [6, 6.07) is 4.88. The van der Waals surface area contributed by atoms with E-state index in [9.17, 15) is 9.00 Å². The van der Waals surface area contributed by atoms with Crippen LogP contribution in [0.4, 0.5) is 11.4 Å². The first-order valence-electron chi connectivity index (χ1n) is 5.49. The second-order valence-electron chi connectivity index (χ2n) is 3.98. The van der Waals surface area contributed by atoms with Crippen LogP contribution < -0.4 is 11.1 Å². The van der Waals surface area contributed by atoms with Crippen LogP contribution in [-0.4, -0.2) is 35.3 Å². The Labute approximate surface area is 109 Å². The molecule has 0 spiro atoms. The summed E-state index contributed by atoms with van der Waals surface area (Å²) in [6.07, 6.45) is 1.65. The Morgan fingerprint density at radius 2 is 2.22 bits per heavy atom. The van der Waals surface area contributed by atoms with Crippen molar-refractivity contribution in [2.75, 3.05) is 31.0 Å². The standard InChI is InChI=1S/C12H18N2O3S/c1-8(18(3)16)7-14-11-6-9(12(15)17-2)4-5-10(11)13/h4-6,8,14H,7,13H2,1-3H3. The molecule has 0 bridgehead atoms. The minimum atomic E-state index is -0.901. The summed E-state index contributed by atoms with van der Waals surface area (Å²) in [6.45, 7) is 2.40. The predicted molar refractivity (Wildman–Crippen MR) is 74.2 cm³/mol. The van der Waals surface area contributed by atoms with Crippen LogP contribution in [-0.2, 0) is 15.5 Å². The number of benzene rings is 1. The maximum Gasteiger partial charge on any atom is 0.337 e. The van der Waals surface area contributed by atoms with Gasteiger partial charge in [0.1, 0.15) is 0 Å². The van der Waals surface area contributed by atoms with Gasteiger partial charge in [-0.05, 0) is 25.1 Å². The number of ether oxygens (including phenoxy) is 1. The fourth-order valence-corrected chi connectivity index (χ4v) is 1.64. The van der Waals surface area contributed by atoms with Gasteiger partial charge in [0.25, 0.3) is 0 Å². The molecule has 0 amide bonds. The molecule has 2 atom stereocenters. The Hall–Kier alpha value is -1.56. The molecule has 1 aromatic carbocycles. The fraction of sp³-hybridized carbons (Fsp3) is 0.417. The maximum absolute atomic E-state index is 11.4. The highest BCUT2D eigenvalue weighted by Gasteiger charge is 2.10. The number of hydrogen-bond donors (Lipinski definition) is 2. The molecule has 3 N–H and O–H groups in total. The monoisotopic (exact) mass is 270 g/mol. The number of nitrogens with two attached hydrogens (primary N) is 1. The molecule has 0 aliphatic heterocycles. The minimum Gasteiger partial charge on any atom is -0.465 e. The Morgan fingerprint density at radius 3 is 2.78 bits per heavy atom. The van der Waals surface area contributed by atoms with Crippen LogP contribution in [0.3, 0.4) is 0 Å². The zero-order valence-electron chi connectivity index (χ0n) is 10.7. The molecular formula is C12H18N2O3S. The van der Waals surface area contributed by atoms with Crippen LogP contribution >= 0.6 is 0 Å². The first-order chi connectivity index (χ1) is 8.45. The molecule has 0 saturated carbocycles. The molecule has 0 radical (unpaired) electrons. The highest BCUT2D eigenvalue weighted by Crippen LogP contribution is 2.20. The molecule has 0 fully saturated rings. The third kappa shape index (κ3) is 3.73. The first-order valence-corrected chi connectivity index (χ1v) is 7.11. The number of methoxy groups -OCH3 is 1. The van der Waals surface area contributed by atoms with E-state index in [1.165, 1.54) is 7.11 Å². The predicted octanol–water partition coefficient (Wildman–Crippen LogP) is 1.23. The highest BCUT2D eigenvalue weighted by atomic mass is 32.2. The van der Waals surface area contributed by atoms with E-state index in [4.69, 9.17) is 5.73 Å². The average Bonchev–Trinajstić information content (AvgIpc) is 2.36. The number of nitrogen functional groups attached to an aromatic ring is 1. The third-order valence-corrected chi connectivity index (χ3v) is 3.92. The zero-order chi connectivity index (χ0) is 13.7. The van der Waals surface area contributed by atoms with Crippen molar-refractivity contribution in [3.63, 3.8) is 0 Å². The van der Waals surface area contributed by atoms with Crippen LogP contribution in [0.25, 0.3) is 0 Å². The number of hydrogen-bond acceptors (Lipinski definition) is 5. The van der Waals surface area contributed by atoms with Gasteiger partial charge in [-0.25, -0.2) is 4.79 Å². The van der Waals surface area contributed by atoms with E-state index in [0.717, 1.165) is 0 Å². The SMILES string of the molecule is COC(=O)c1ccc(N)c(NCC(C)S(C)=O)c1. The van der Waals surface area contributed by atoms with Crippen molar-refractivity contribution in [3.8, 4) is 0 Å². The molecule has 1 aromatic rings. The zero-order valence-corrected chi connectivity index (χ0v) is 11.5. The summed E-state index contributed by atoms with van der Waals surface area (Å²) in [5.41, 5.74) is 7.42. The van der Waals surface area contributed by atoms with E-state index in [1.54, 1.807) is 24.5 Å². The second-order valence-corrected chi connectivity index (χ2v) is 5.79. The Balaban J connectivity index is 2.81. The summed E-state index contributed by atoms with van der Waals surface area (Å²) < 4.78 is 15.9. The third-order valence-electron chi connectivity index (χ3n) is 2.62. The van der Waals surface area contributed by atoms with Crippen LogP contribution in [0.5, 0.6) is 0 Å². The van der Waals surface area contributed by atoms with Crippen molar-refractivity contribution in [1.82, 2.24) is 0 Å². The minimum absolute atomic E-state index is 0.00572. The van der Waals surface area contributed by atoms with Gasteiger partial charge in [0.05, 0.1) is 24.0 Å². The van der Waals surface area contributed by atoms with Crippen molar-refractivity contribution in [2.45, 2.75) is 12.2 Å². The van der Waals surface area contributed by atoms with E-state index >= 15 is 0 Å². The summed E-state index contributed by atoms with van der Waals surface area (Å²) in [7, 11) is 0.426. The number of carbonyl (C=O) groups is 1. The summed E-state index contributed by atoms with van der Waals surface area (Å²) in [5.74, 6) is -0.412. The van der Waals surface area contributed by atoms with E-state index in [1.807, 2.05) is 6.92 Å². The van der Waals surface area contributed by atoms with Gasteiger partial charge in [-0.3, -0.25) is 4.21 Å². The lowest BCUT2D eigenvalue weighted by Crippen LogP contribution is -2.21. The number of esters is 1. The summed E-state index contributed by atoms with van der Waals surface area (Å²) in [5, 5.41) is 3.09. The van der Waals surface area contributed by atoms with Crippen molar-refractivity contribution in [2.24, 2.45) is 0 Å². The summed E-state index contributed by atoms with van der Waals surface area (Å²) >= 11 is 0. The lowest BCUT2D eigenvalue weighted by Gasteiger charge is -2.13. The largest absolute Gasteiger partial charge is 0.465 e. The van der Waals surface area contributed by atoms with Gasteiger partial charge in [-0.2, -0.15) is 0 Å². The van der Waals surface area contributed by atoms with Gasteiger partial charge < -0.3 is 15.8 Å². The number of carbonyl (C=O) groups excluding carboxylic acids is 1. The van der Waals surface area contributed by atoms with Gasteiger partial charge >= 0.3 is 5.97 Å². The Morgan fingerprint density at radius 1 is 1.56 bits per heavy atom. The van der Waals surface area contributed by atoms with Gasteiger partial charge in [0, 0.05) is 28.9 Å². The van der Waals surface area contributed by atoms with Gasteiger partial charge in [-0.15, -0.1) is 0 Å². The molecule has 18 heavy (non-hydrogen) atoms. The summed E-state index contributed by atoms with van der Waals surface area (Å²) in [4.78, 5) is 11.4. The molecule has 100 valence electrons. The molecule has 5 nitrogen and oxygen atoms in total. The van der Waals surface area contributed by atoms with Gasteiger partial charge in [0.2, 0.25) is 0 Å². The highest BCUT2D eigenvalue weighted by molar-refractivity contribution is 7.84. The topological polar surface area (TPSA) is 81.4 Å². The molecule has 0 saturated heterocycles. The molecular weight excluding hydrogens is 252 g/mol. The number of nitrogens with one attached hydrogen (secondary N) is 1. The van der Waals surface area contributed by atoms with E-state index in [0.29, 0.717) is 23.5 Å². The van der Waals surface area contributed by atoms with Crippen LogP contribution in [0.1, 0.15) is 17.3 Å². The smallest absolute Gasteiger partial charge is 0.337 e. The Bertz CT molecular complexity index is 463. The van der Waals surface area contributed by atoms with E-state index < -0.39 is 16.8 Å². The van der Waals surface area contributed by atoms with Crippen LogP contribution in [0.2, 0.25) is 0 Å². The average molecular weight is 270 g/mol. The van der Waals surface area contributed by atoms with Crippen LogP contribution in [0.15, 0.2) is 18.2 Å². The fourth-order valence-electron chi connectivity index (χ4n) is 1.33. The number of rotatable bonds is 5. The Kier molecular flexibility index (Phi) is 5.15. The van der Waals surface area contributed by atoms with Crippen molar-refractivity contribution in [3.05, 3.63) is 23.8 Å². The van der Waals surface area contributed by atoms with E-state index in [-0.39, 0.29) is 5.25 Å². The van der Waals surface area contributed by atoms with E-state index in [2.05, 4.69) is 10.1 Å². The molecule has 0 aliphatic carbocycles. The quantitative estimate of drug-likeness (QED) is 0.621. The van der Waals surface area contributed by atoms with Crippen molar-refractivity contribution >= 4 is 28.1 Å². The second kappa shape index (κ2) is 6.39. The lowest BCUT2D eigenvalue weighted by molar-refractivity contribution is 0.0601. The maximum atomic E-state index is 11.4. The molecule has 1 rings (SSSR count). The number of anilines is 2. The van der Waals surface area contributed by atoms with Gasteiger partial charge in [0.15, 0.2) is 0 Å². The molecule has 6 heteroatoms. The lowest BCUT2D eigenvalue weighted by atomic mass is 10.1. The van der Waals surface area contributed by atoms with Crippen LogP contribution in [0, 0.1) is 0 Å². The molecule has 0 heterocycles. The first kappa shape index (κ1) is 14.5. The normalized spacial score (nSPS) is 13.7. The van der Waals surface area contributed by atoms with Gasteiger partial charge in [-0.1, -0.05) is 0 Å². The molecule has 2 unspecified atom stereocenters. The van der Waals surface area contributed by atoms with Crippen molar-refractivity contribution < 1.29 is 13.7 Å².